The van der Waals surface area contributed by atoms with Crippen molar-refractivity contribution >= 4 is 11.9 Å². The Morgan fingerprint density at radius 3 is 2.67 bits per heavy atom. The van der Waals surface area contributed by atoms with Gasteiger partial charge in [0, 0.05) is 17.3 Å². The van der Waals surface area contributed by atoms with Crippen LogP contribution in [-0.4, -0.2) is 27.5 Å². The van der Waals surface area contributed by atoms with Gasteiger partial charge in [-0.15, -0.1) is 10.2 Å². The number of nitrogens with zero attached hydrogens (tertiary/aromatic N) is 3. The SMILES string of the molecule is CCOc1ccc(-c2nnc3c(C)cc(C=O)cn23)cc1. The zero-order valence-corrected chi connectivity index (χ0v) is 11.9. The topological polar surface area (TPSA) is 56.5 Å². The van der Waals surface area contributed by atoms with Gasteiger partial charge >= 0.3 is 0 Å². The quantitative estimate of drug-likeness (QED) is 0.690. The number of aromatic nitrogens is 3. The molecule has 0 aliphatic carbocycles. The van der Waals surface area contributed by atoms with Gasteiger partial charge in [0.1, 0.15) is 5.75 Å². The normalized spacial score (nSPS) is 10.8. The van der Waals surface area contributed by atoms with Crippen molar-refractivity contribution in [3.63, 3.8) is 0 Å². The Morgan fingerprint density at radius 2 is 2.00 bits per heavy atom. The van der Waals surface area contributed by atoms with E-state index in [0.29, 0.717) is 18.0 Å². The molecule has 5 heteroatoms. The summed E-state index contributed by atoms with van der Waals surface area (Å²) in [6.45, 7) is 4.50. The van der Waals surface area contributed by atoms with Gasteiger partial charge in [-0.05, 0) is 49.7 Å². The fourth-order valence-corrected chi connectivity index (χ4v) is 2.31. The highest BCUT2D eigenvalue weighted by Crippen LogP contribution is 2.23. The molecule has 0 amide bonds. The van der Waals surface area contributed by atoms with Crippen LogP contribution in [0.25, 0.3) is 17.0 Å². The molecule has 106 valence electrons. The monoisotopic (exact) mass is 281 g/mol. The molecular weight excluding hydrogens is 266 g/mol. The number of aldehydes is 1. The van der Waals surface area contributed by atoms with Crippen LogP contribution in [0.4, 0.5) is 0 Å². The van der Waals surface area contributed by atoms with Crippen LogP contribution in [0.1, 0.15) is 22.8 Å². The molecule has 0 saturated heterocycles. The van der Waals surface area contributed by atoms with Crippen LogP contribution < -0.4 is 4.74 Å². The Balaban J connectivity index is 2.11. The smallest absolute Gasteiger partial charge is 0.168 e. The van der Waals surface area contributed by atoms with Crippen molar-refractivity contribution < 1.29 is 9.53 Å². The molecule has 0 aliphatic heterocycles. The molecule has 5 nitrogen and oxygen atoms in total. The third-order valence-electron chi connectivity index (χ3n) is 3.27. The van der Waals surface area contributed by atoms with E-state index < -0.39 is 0 Å². The third kappa shape index (κ3) is 2.38. The third-order valence-corrected chi connectivity index (χ3v) is 3.27. The molecule has 0 aliphatic rings. The van der Waals surface area contributed by atoms with Crippen LogP contribution in [0.3, 0.4) is 0 Å². The summed E-state index contributed by atoms with van der Waals surface area (Å²) in [4.78, 5) is 11.0. The molecule has 3 aromatic rings. The lowest BCUT2D eigenvalue weighted by Gasteiger charge is -2.05. The van der Waals surface area contributed by atoms with Gasteiger partial charge < -0.3 is 4.74 Å². The molecule has 2 heterocycles. The van der Waals surface area contributed by atoms with Gasteiger partial charge in [-0.3, -0.25) is 9.20 Å². The molecule has 21 heavy (non-hydrogen) atoms. The minimum atomic E-state index is 0.604. The number of pyridine rings is 1. The van der Waals surface area contributed by atoms with Crippen molar-refractivity contribution in [3.8, 4) is 17.1 Å². The molecule has 0 saturated carbocycles. The Hall–Kier alpha value is -2.69. The first-order valence-electron chi connectivity index (χ1n) is 6.76. The number of benzene rings is 1. The van der Waals surface area contributed by atoms with Gasteiger partial charge in [0.2, 0.25) is 0 Å². The van der Waals surface area contributed by atoms with Crippen LogP contribution in [-0.2, 0) is 0 Å². The lowest BCUT2D eigenvalue weighted by molar-refractivity contribution is 0.112. The zero-order valence-electron chi connectivity index (χ0n) is 11.9. The van der Waals surface area contributed by atoms with Gasteiger partial charge in [-0.25, -0.2) is 0 Å². The minimum absolute atomic E-state index is 0.604. The number of hydrogen-bond acceptors (Lipinski definition) is 4. The van der Waals surface area contributed by atoms with Gasteiger partial charge in [-0.1, -0.05) is 0 Å². The van der Waals surface area contributed by atoms with Crippen LogP contribution in [0, 0.1) is 6.92 Å². The summed E-state index contributed by atoms with van der Waals surface area (Å²) in [5.41, 5.74) is 3.20. The summed E-state index contributed by atoms with van der Waals surface area (Å²) >= 11 is 0. The Kier molecular flexibility index (Phi) is 3.39. The second kappa shape index (κ2) is 5.36. The lowest BCUT2D eigenvalue weighted by Crippen LogP contribution is -1.95. The summed E-state index contributed by atoms with van der Waals surface area (Å²) in [6, 6.07) is 9.47. The minimum Gasteiger partial charge on any atom is -0.494 e. The number of rotatable bonds is 4. The zero-order chi connectivity index (χ0) is 14.8. The Labute approximate surface area is 122 Å². The largest absolute Gasteiger partial charge is 0.494 e. The van der Waals surface area contributed by atoms with Gasteiger partial charge in [0.25, 0.3) is 0 Å². The van der Waals surface area contributed by atoms with Crippen molar-refractivity contribution in [3.05, 3.63) is 47.7 Å². The van der Waals surface area contributed by atoms with E-state index in [1.54, 1.807) is 12.3 Å². The molecule has 0 N–H and O–H groups in total. The summed E-state index contributed by atoms with van der Waals surface area (Å²) in [5, 5.41) is 8.43. The highest BCUT2D eigenvalue weighted by molar-refractivity contribution is 5.76. The van der Waals surface area contributed by atoms with Crippen LogP contribution in [0.15, 0.2) is 36.5 Å². The van der Waals surface area contributed by atoms with E-state index in [9.17, 15) is 4.79 Å². The molecule has 0 radical (unpaired) electrons. The number of ether oxygens (including phenoxy) is 1. The van der Waals surface area contributed by atoms with E-state index in [0.717, 1.165) is 28.8 Å². The molecule has 0 unspecified atom stereocenters. The van der Waals surface area contributed by atoms with Crippen LogP contribution in [0.5, 0.6) is 5.75 Å². The number of hydrogen-bond donors (Lipinski definition) is 0. The number of carbonyl (C=O) groups is 1. The summed E-state index contributed by atoms with van der Waals surface area (Å²) in [6.07, 6.45) is 2.58. The van der Waals surface area contributed by atoms with Crippen molar-refractivity contribution in [2.75, 3.05) is 6.61 Å². The number of carbonyl (C=O) groups excluding carboxylic acids is 1. The maximum atomic E-state index is 11.0. The van der Waals surface area contributed by atoms with E-state index in [1.807, 2.05) is 42.5 Å². The average molecular weight is 281 g/mol. The predicted molar refractivity (Wildman–Crippen MR) is 79.7 cm³/mol. The molecule has 0 spiro atoms. The second-order valence-corrected chi connectivity index (χ2v) is 4.75. The van der Waals surface area contributed by atoms with Gasteiger partial charge in [0.15, 0.2) is 17.8 Å². The molecule has 3 rings (SSSR count). The first kappa shape index (κ1) is 13.3. The van der Waals surface area contributed by atoms with Crippen molar-refractivity contribution in [2.45, 2.75) is 13.8 Å². The summed E-state index contributed by atoms with van der Waals surface area (Å²) in [5.74, 6) is 1.53. The van der Waals surface area contributed by atoms with E-state index in [-0.39, 0.29) is 0 Å². The summed E-state index contributed by atoms with van der Waals surface area (Å²) in [7, 11) is 0. The van der Waals surface area contributed by atoms with Crippen molar-refractivity contribution in [1.82, 2.24) is 14.6 Å². The van der Waals surface area contributed by atoms with Crippen LogP contribution in [0.2, 0.25) is 0 Å². The lowest BCUT2D eigenvalue weighted by atomic mass is 10.2. The molecule has 0 fully saturated rings. The van der Waals surface area contributed by atoms with Crippen molar-refractivity contribution in [2.24, 2.45) is 0 Å². The number of fused-ring (bicyclic) bond motifs is 1. The number of aryl methyl sites for hydroxylation is 1. The standard InChI is InChI=1S/C16H15N3O2/c1-3-21-14-6-4-13(5-7-14)16-18-17-15-11(2)8-12(10-20)9-19(15)16/h4-10H,3H2,1-2H3. The maximum absolute atomic E-state index is 11.0. The van der Waals surface area contributed by atoms with Gasteiger partial charge in [-0.2, -0.15) is 0 Å². The molecule has 1 aromatic carbocycles. The maximum Gasteiger partial charge on any atom is 0.168 e. The highest BCUT2D eigenvalue weighted by atomic mass is 16.5. The summed E-state index contributed by atoms with van der Waals surface area (Å²) < 4.78 is 7.27. The van der Waals surface area contributed by atoms with E-state index in [4.69, 9.17) is 4.74 Å². The van der Waals surface area contributed by atoms with E-state index in [1.165, 1.54) is 0 Å². The molecule has 2 aromatic heterocycles. The van der Waals surface area contributed by atoms with Gasteiger partial charge in [0.05, 0.1) is 6.61 Å². The predicted octanol–water partition coefficient (Wildman–Crippen LogP) is 2.92. The van der Waals surface area contributed by atoms with E-state index >= 15 is 0 Å². The fraction of sp³-hybridized carbons (Fsp3) is 0.188. The molecule has 0 atom stereocenters. The first-order chi connectivity index (χ1) is 10.2. The molecule has 0 bridgehead atoms. The highest BCUT2D eigenvalue weighted by Gasteiger charge is 2.11. The van der Waals surface area contributed by atoms with E-state index in [2.05, 4.69) is 10.2 Å². The van der Waals surface area contributed by atoms with Crippen LogP contribution >= 0.6 is 0 Å². The fourth-order valence-electron chi connectivity index (χ4n) is 2.31. The average Bonchev–Trinajstić information content (AvgIpc) is 2.93. The Bertz CT molecular complexity index is 791. The second-order valence-electron chi connectivity index (χ2n) is 4.75. The Morgan fingerprint density at radius 1 is 1.24 bits per heavy atom. The molecular formula is C16H15N3O2. The first-order valence-corrected chi connectivity index (χ1v) is 6.76. The van der Waals surface area contributed by atoms with Crippen molar-refractivity contribution in [1.29, 1.82) is 0 Å².